The minimum atomic E-state index is -0.547. The van der Waals surface area contributed by atoms with Crippen molar-refractivity contribution in [3.8, 4) is 11.5 Å². The molecule has 0 saturated carbocycles. The molecule has 1 N–H and O–H groups in total. The van der Waals surface area contributed by atoms with E-state index in [-0.39, 0.29) is 18.1 Å². The number of phenolic OH excluding ortho intramolecular Hbond substituents is 1. The molecule has 1 aromatic rings. The molecule has 0 bridgehead atoms. The second kappa shape index (κ2) is 6.82. The summed E-state index contributed by atoms with van der Waals surface area (Å²) < 4.78 is 15.6. The number of esters is 1. The molecule has 1 aliphatic rings. The zero-order valence-corrected chi connectivity index (χ0v) is 12.9. The summed E-state index contributed by atoms with van der Waals surface area (Å²) in [6, 6.07) is 3.13. The highest BCUT2D eigenvalue weighted by Gasteiger charge is 2.31. The number of hydrogen-bond acceptors (Lipinski definition) is 7. The minimum absolute atomic E-state index is 0.0220. The third-order valence-electron chi connectivity index (χ3n) is 2.76. The first-order valence-electron chi connectivity index (χ1n) is 6.55. The number of phenols is 1. The summed E-state index contributed by atoms with van der Waals surface area (Å²) in [6.45, 7) is 4.28. The fourth-order valence-corrected chi connectivity index (χ4v) is 2.95. The zero-order chi connectivity index (χ0) is 15.4. The van der Waals surface area contributed by atoms with Gasteiger partial charge in [-0.15, -0.1) is 0 Å². The molecular formula is C14H17NO5S. The smallest absolute Gasteiger partial charge is 0.356 e. The molecule has 6 nitrogen and oxygen atoms in total. The van der Waals surface area contributed by atoms with Crippen LogP contribution >= 0.6 is 11.8 Å². The van der Waals surface area contributed by atoms with Crippen LogP contribution < -0.4 is 4.74 Å². The van der Waals surface area contributed by atoms with Crippen LogP contribution in [0.2, 0.25) is 0 Å². The lowest BCUT2D eigenvalue weighted by molar-refractivity contribution is -0.135. The maximum Gasteiger partial charge on any atom is 0.356 e. The van der Waals surface area contributed by atoms with Crippen LogP contribution in [0.4, 0.5) is 5.69 Å². The van der Waals surface area contributed by atoms with Crippen molar-refractivity contribution >= 4 is 29.1 Å². The Hall–Kier alpha value is -1.73. The molecule has 7 heteroatoms. The summed E-state index contributed by atoms with van der Waals surface area (Å²) in [6.07, 6.45) is 0. The Morgan fingerprint density at radius 2 is 2.14 bits per heavy atom. The van der Waals surface area contributed by atoms with E-state index in [9.17, 15) is 9.90 Å². The van der Waals surface area contributed by atoms with Crippen molar-refractivity contribution < 1.29 is 24.1 Å². The van der Waals surface area contributed by atoms with Crippen molar-refractivity contribution in [1.29, 1.82) is 0 Å². The van der Waals surface area contributed by atoms with Crippen molar-refractivity contribution in [2.45, 2.75) is 24.2 Å². The number of carbonyl (C=O) groups excluding carboxylic acids is 1. The second-order valence-electron chi connectivity index (χ2n) is 4.11. The van der Waals surface area contributed by atoms with Crippen LogP contribution in [0.5, 0.6) is 11.5 Å². The maximum atomic E-state index is 12.0. The number of methoxy groups -OCH3 is 1. The SMILES string of the molecule is CCOC(=O)C1=Nc2cc(OC)c(O)cc2SC1OCC. The highest BCUT2D eigenvalue weighted by Crippen LogP contribution is 2.44. The molecule has 0 radical (unpaired) electrons. The van der Waals surface area contributed by atoms with Crippen molar-refractivity contribution in [3.63, 3.8) is 0 Å². The van der Waals surface area contributed by atoms with Crippen LogP contribution in [-0.4, -0.2) is 42.5 Å². The summed E-state index contributed by atoms with van der Waals surface area (Å²) in [5, 5.41) is 9.82. The fraction of sp³-hybridized carbons (Fsp3) is 0.429. The van der Waals surface area contributed by atoms with E-state index in [1.54, 1.807) is 19.1 Å². The summed E-state index contributed by atoms with van der Waals surface area (Å²) >= 11 is 1.31. The molecular weight excluding hydrogens is 294 g/mol. The van der Waals surface area contributed by atoms with E-state index in [0.717, 1.165) is 4.90 Å². The molecule has 0 aliphatic carbocycles. The third-order valence-corrected chi connectivity index (χ3v) is 3.92. The molecule has 1 unspecified atom stereocenters. The number of ether oxygens (including phenoxy) is 3. The molecule has 0 fully saturated rings. The topological polar surface area (TPSA) is 77.4 Å². The lowest BCUT2D eigenvalue weighted by Crippen LogP contribution is -2.31. The number of hydrogen-bond donors (Lipinski definition) is 1. The largest absolute Gasteiger partial charge is 0.504 e. The van der Waals surface area contributed by atoms with Crippen LogP contribution in [0.1, 0.15) is 13.8 Å². The molecule has 0 saturated heterocycles. The molecule has 21 heavy (non-hydrogen) atoms. The Kier molecular flexibility index (Phi) is 5.08. The van der Waals surface area contributed by atoms with Gasteiger partial charge in [-0.3, -0.25) is 0 Å². The van der Waals surface area contributed by atoms with Crippen LogP contribution in [-0.2, 0) is 14.3 Å². The van der Waals surface area contributed by atoms with E-state index < -0.39 is 11.4 Å². The summed E-state index contributed by atoms with van der Waals surface area (Å²) in [4.78, 5) is 17.0. The summed E-state index contributed by atoms with van der Waals surface area (Å²) in [5.74, 6) is -0.175. The van der Waals surface area contributed by atoms with Crippen molar-refractivity contribution in [2.75, 3.05) is 20.3 Å². The van der Waals surface area contributed by atoms with Crippen LogP contribution in [0, 0.1) is 0 Å². The molecule has 114 valence electrons. The molecule has 0 spiro atoms. The Balaban J connectivity index is 2.43. The van der Waals surface area contributed by atoms with E-state index in [1.165, 1.54) is 18.9 Å². The van der Waals surface area contributed by atoms with Gasteiger partial charge in [0.15, 0.2) is 22.6 Å². The van der Waals surface area contributed by atoms with Gasteiger partial charge >= 0.3 is 5.97 Å². The maximum absolute atomic E-state index is 12.0. The van der Waals surface area contributed by atoms with Gasteiger partial charge in [-0.1, -0.05) is 11.8 Å². The molecule has 0 aromatic heterocycles. The van der Waals surface area contributed by atoms with Gasteiger partial charge in [-0.05, 0) is 19.9 Å². The lowest BCUT2D eigenvalue weighted by atomic mass is 10.2. The zero-order valence-electron chi connectivity index (χ0n) is 12.1. The van der Waals surface area contributed by atoms with Crippen molar-refractivity contribution in [3.05, 3.63) is 12.1 Å². The third kappa shape index (κ3) is 3.30. The van der Waals surface area contributed by atoms with Gasteiger partial charge in [-0.25, -0.2) is 9.79 Å². The van der Waals surface area contributed by atoms with E-state index in [4.69, 9.17) is 14.2 Å². The van der Waals surface area contributed by atoms with E-state index in [0.29, 0.717) is 18.0 Å². The predicted octanol–water partition coefficient (Wildman–Crippen LogP) is 2.50. The van der Waals surface area contributed by atoms with Gasteiger partial charge in [0.1, 0.15) is 0 Å². The van der Waals surface area contributed by atoms with Crippen LogP contribution in [0.25, 0.3) is 0 Å². The average molecular weight is 311 g/mol. The van der Waals surface area contributed by atoms with Crippen molar-refractivity contribution in [2.24, 2.45) is 4.99 Å². The first kappa shape index (κ1) is 15.7. The molecule has 1 aromatic carbocycles. The monoisotopic (exact) mass is 311 g/mol. The highest BCUT2D eigenvalue weighted by molar-refractivity contribution is 8.00. The number of aromatic hydroxyl groups is 1. The molecule has 0 amide bonds. The standard InChI is InChI=1S/C14H17NO5S/c1-4-19-13(17)12-14(20-5-2)21-11-7-9(16)10(18-3)6-8(11)15-12/h6-7,14,16H,4-5H2,1-3H3. The first-order chi connectivity index (χ1) is 10.1. The number of rotatable bonds is 5. The van der Waals surface area contributed by atoms with Crippen LogP contribution in [0.15, 0.2) is 22.0 Å². The number of carbonyl (C=O) groups is 1. The predicted molar refractivity (Wildman–Crippen MR) is 79.7 cm³/mol. The van der Waals surface area contributed by atoms with Gasteiger partial charge in [0, 0.05) is 17.6 Å². The van der Waals surface area contributed by atoms with E-state index >= 15 is 0 Å². The van der Waals surface area contributed by atoms with Gasteiger partial charge in [0.25, 0.3) is 0 Å². The molecule has 2 rings (SSSR count). The van der Waals surface area contributed by atoms with Gasteiger partial charge in [0.2, 0.25) is 0 Å². The molecule has 1 aliphatic heterocycles. The van der Waals surface area contributed by atoms with Crippen LogP contribution in [0.3, 0.4) is 0 Å². The number of thioether (sulfide) groups is 1. The number of fused-ring (bicyclic) bond motifs is 1. The molecule has 1 atom stereocenters. The quantitative estimate of drug-likeness (QED) is 0.842. The highest BCUT2D eigenvalue weighted by atomic mass is 32.2. The first-order valence-corrected chi connectivity index (χ1v) is 7.43. The van der Waals surface area contributed by atoms with Gasteiger partial charge in [0.05, 0.1) is 19.4 Å². The Bertz CT molecular complexity index is 573. The minimum Gasteiger partial charge on any atom is -0.504 e. The number of nitrogens with zero attached hydrogens (tertiary/aromatic N) is 1. The Morgan fingerprint density at radius 1 is 1.38 bits per heavy atom. The average Bonchev–Trinajstić information content (AvgIpc) is 2.46. The normalized spacial score (nSPS) is 16.9. The number of benzene rings is 1. The number of aliphatic imine (C=N–C) groups is 1. The summed E-state index contributed by atoms with van der Waals surface area (Å²) in [7, 11) is 1.45. The van der Waals surface area contributed by atoms with Gasteiger partial charge in [-0.2, -0.15) is 0 Å². The molecule has 1 heterocycles. The second-order valence-corrected chi connectivity index (χ2v) is 5.22. The Labute approximate surface area is 127 Å². The van der Waals surface area contributed by atoms with Gasteiger partial charge < -0.3 is 19.3 Å². The lowest BCUT2D eigenvalue weighted by Gasteiger charge is -2.23. The van der Waals surface area contributed by atoms with E-state index in [2.05, 4.69) is 4.99 Å². The van der Waals surface area contributed by atoms with Crippen molar-refractivity contribution in [1.82, 2.24) is 0 Å². The van der Waals surface area contributed by atoms with E-state index in [1.807, 2.05) is 6.92 Å². The Morgan fingerprint density at radius 3 is 2.76 bits per heavy atom. The summed E-state index contributed by atoms with van der Waals surface area (Å²) in [5.41, 5.74) is 0.215. The fourth-order valence-electron chi connectivity index (χ4n) is 1.85.